The van der Waals surface area contributed by atoms with E-state index in [0.717, 1.165) is 0 Å². The molecular weight excluding hydrogens is 196 g/mol. The van der Waals surface area contributed by atoms with Crippen molar-refractivity contribution in [2.24, 2.45) is 0 Å². The molecule has 0 aliphatic carbocycles. The highest BCUT2D eigenvalue weighted by molar-refractivity contribution is 6.69. The first-order valence-electron chi connectivity index (χ1n) is 5.13. The summed E-state index contributed by atoms with van der Waals surface area (Å²) in [6, 6.07) is 0. The van der Waals surface area contributed by atoms with E-state index in [1.807, 2.05) is 6.92 Å². The van der Waals surface area contributed by atoms with Crippen molar-refractivity contribution in [1.82, 2.24) is 0 Å². The molecule has 0 saturated heterocycles. The maximum Gasteiger partial charge on any atom is 0.184 e. The van der Waals surface area contributed by atoms with Gasteiger partial charge in [-0.2, -0.15) is 0 Å². The first-order chi connectivity index (χ1) is 6.35. The van der Waals surface area contributed by atoms with E-state index in [1.165, 1.54) is 0 Å². The van der Waals surface area contributed by atoms with Crippen molar-refractivity contribution < 1.29 is 13.9 Å². The Morgan fingerprint density at radius 2 is 1.57 bits per heavy atom. The van der Waals surface area contributed by atoms with Gasteiger partial charge in [0.2, 0.25) is 0 Å². The van der Waals surface area contributed by atoms with E-state index < -0.39 is 8.32 Å². The van der Waals surface area contributed by atoms with Crippen LogP contribution in [0.3, 0.4) is 0 Å². The average Bonchev–Trinajstić information content (AvgIpc) is 1.98. The van der Waals surface area contributed by atoms with Gasteiger partial charge in [0.15, 0.2) is 8.32 Å². The summed E-state index contributed by atoms with van der Waals surface area (Å²) in [7, 11) is 0.260. The molecule has 14 heavy (non-hydrogen) atoms. The Labute approximate surface area is 88.9 Å². The Hall–Kier alpha value is 0.0969. The topological polar surface area (TPSA) is 27.7 Å². The van der Waals surface area contributed by atoms with Crippen molar-refractivity contribution in [3.63, 3.8) is 0 Å². The summed E-state index contributed by atoms with van der Waals surface area (Å²) in [6.45, 7) is 11.9. The number of rotatable bonds is 7. The molecule has 2 atom stereocenters. The van der Waals surface area contributed by atoms with Gasteiger partial charge in [-0.1, -0.05) is 0 Å². The predicted molar refractivity (Wildman–Crippen MR) is 61.2 cm³/mol. The minimum Gasteiger partial charge on any atom is -0.413 e. The van der Waals surface area contributed by atoms with Crippen LogP contribution in [0.1, 0.15) is 13.8 Å². The molecule has 0 amide bonds. The van der Waals surface area contributed by atoms with Crippen molar-refractivity contribution in [2.45, 2.75) is 45.7 Å². The van der Waals surface area contributed by atoms with E-state index in [-0.39, 0.29) is 12.2 Å². The van der Waals surface area contributed by atoms with Gasteiger partial charge in [0, 0.05) is 7.11 Å². The molecule has 0 N–H and O–H groups in total. The molecule has 0 saturated carbocycles. The van der Waals surface area contributed by atoms with E-state index in [0.29, 0.717) is 13.2 Å². The van der Waals surface area contributed by atoms with Crippen LogP contribution in [-0.2, 0) is 13.9 Å². The molecule has 0 aliphatic rings. The third-order valence-electron chi connectivity index (χ3n) is 1.57. The van der Waals surface area contributed by atoms with Crippen LogP contribution < -0.4 is 0 Å². The second-order valence-corrected chi connectivity index (χ2v) is 9.10. The van der Waals surface area contributed by atoms with Gasteiger partial charge in [-0.3, -0.25) is 0 Å². The molecule has 0 bridgehead atoms. The Morgan fingerprint density at radius 1 is 1.00 bits per heavy atom. The van der Waals surface area contributed by atoms with Gasteiger partial charge >= 0.3 is 0 Å². The van der Waals surface area contributed by atoms with E-state index in [2.05, 4.69) is 26.6 Å². The van der Waals surface area contributed by atoms with Gasteiger partial charge < -0.3 is 13.9 Å². The summed E-state index contributed by atoms with van der Waals surface area (Å²) in [5.74, 6) is 0. The van der Waals surface area contributed by atoms with Crippen LogP contribution in [0.4, 0.5) is 0 Å². The minimum absolute atomic E-state index is 0.146. The molecule has 3 nitrogen and oxygen atoms in total. The Balaban J connectivity index is 3.58. The summed E-state index contributed by atoms with van der Waals surface area (Å²) < 4.78 is 16.4. The van der Waals surface area contributed by atoms with Gasteiger partial charge in [0.05, 0.1) is 25.4 Å². The smallest absolute Gasteiger partial charge is 0.184 e. The second kappa shape index (κ2) is 6.56. The molecule has 4 heteroatoms. The molecule has 0 radical (unpaired) electrons. The first-order valence-corrected chi connectivity index (χ1v) is 8.54. The lowest BCUT2D eigenvalue weighted by Gasteiger charge is -2.24. The van der Waals surface area contributed by atoms with Crippen molar-refractivity contribution >= 4 is 8.32 Å². The summed E-state index contributed by atoms with van der Waals surface area (Å²) in [5, 5.41) is 0. The fraction of sp³-hybridized carbons (Fsp3) is 1.00. The van der Waals surface area contributed by atoms with Crippen molar-refractivity contribution in [1.29, 1.82) is 0 Å². The highest BCUT2D eigenvalue weighted by atomic mass is 28.4. The fourth-order valence-electron chi connectivity index (χ4n) is 1.22. The molecule has 0 spiro atoms. The van der Waals surface area contributed by atoms with Crippen LogP contribution in [0, 0.1) is 0 Å². The molecule has 0 heterocycles. The number of ether oxygens (including phenoxy) is 2. The summed E-state index contributed by atoms with van der Waals surface area (Å²) in [6.07, 6.45) is 0.327. The molecule has 0 aromatic carbocycles. The van der Waals surface area contributed by atoms with E-state index in [1.54, 1.807) is 7.11 Å². The maximum atomic E-state index is 5.84. The van der Waals surface area contributed by atoms with Crippen LogP contribution in [-0.4, -0.2) is 40.8 Å². The molecular formula is C10H24O3Si. The number of hydrogen-bond acceptors (Lipinski definition) is 3. The molecule has 86 valence electrons. The van der Waals surface area contributed by atoms with E-state index in [9.17, 15) is 0 Å². The highest BCUT2D eigenvalue weighted by Crippen LogP contribution is 2.07. The van der Waals surface area contributed by atoms with Crippen LogP contribution in [0.2, 0.25) is 19.6 Å². The zero-order valence-corrected chi connectivity index (χ0v) is 11.3. The van der Waals surface area contributed by atoms with Crippen molar-refractivity contribution in [3.05, 3.63) is 0 Å². The molecule has 0 aromatic heterocycles. The van der Waals surface area contributed by atoms with Gasteiger partial charge in [0.1, 0.15) is 0 Å². The normalized spacial score (nSPS) is 16.7. The zero-order chi connectivity index (χ0) is 11.2. The van der Waals surface area contributed by atoms with Gasteiger partial charge in [-0.25, -0.2) is 0 Å². The third kappa shape index (κ3) is 8.68. The lowest BCUT2D eigenvalue weighted by Crippen LogP contribution is -2.34. The molecule has 2 unspecified atom stereocenters. The van der Waals surface area contributed by atoms with Crippen LogP contribution in [0.5, 0.6) is 0 Å². The Kier molecular flexibility index (Phi) is 6.60. The van der Waals surface area contributed by atoms with E-state index >= 15 is 0 Å². The molecule has 0 aromatic rings. The average molecular weight is 220 g/mol. The monoisotopic (exact) mass is 220 g/mol. The van der Waals surface area contributed by atoms with Gasteiger partial charge in [0.25, 0.3) is 0 Å². The van der Waals surface area contributed by atoms with Gasteiger partial charge in [-0.15, -0.1) is 0 Å². The van der Waals surface area contributed by atoms with Crippen LogP contribution in [0.25, 0.3) is 0 Å². The molecule has 0 fully saturated rings. The SMILES string of the molecule is COCC(C)OCC(C)O[Si](C)(C)C. The largest absolute Gasteiger partial charge is 0.413 e. The fourth-order valence-corrected chi connectivity index (χ4v) is 2.50. The highest BCUT2D eigenvalue weighted by Gasteiger charge is 2.18. The third-order valence-corrected chi connectivity index (χ3v) is 2.68. The maximum absolute atomic E-state index is 5.84. The quantitative estimate of drug-likeness (QED) is 0.616. The Bertz CT molecular complexity index is 145. The second-order valence-electron chi connectivity index (χ2n) is 4.64. The predicted octanol–water partition coefficient (Wildman–Crippen LogP) is 2.28. The molecule has 0 rings (SSSR count). The van der Waals surface area contributed by atoms with Gasteiger partial charge in [-0.05, 0) is 33.5 Å². The number of methoxy groups -OCH3 is 1. The molecule has 0 aliphatic heterocycles. The van der Waals surface area contributed by atoms with Crippen molar-refractivity contribution in [2.75, 3.05) is 20.3 Å². The standard InChI is InChI=1S/C10H24O3Si/c1-9(7-11-3)12-8-10(2)13-14(4,5)6/h9-10H,7-8H2,1-6H3. The minimum atomic E-state index is -1.42. The van der Waals surface area contributed by atoms with Crippen molar-refractivity contribution in [3.8, 4) is 0 Å². The number of hydrogen-bond donors (Lipinski definition) is 0. The first kappa shape index (κ1) is 14.1. The van der Waals surface area contributed by atoms with E-state index in [4.69, 9.17) is 13.9 Å². The zero-order valence-electron chi connectivity index (χ0n) is 10.3. The summed E-state index contributed by atoms with van der Waals surface area (Å²) in [5.41, 5.74) is 0. The summed E-state index contributed by atoms with van der Waals surface area (Å²) in [4.78, 5) is 0. The Morgan fingerprint density at radius 3 is 2.00 bits per heavy atom. The lowest BCUT2D eigenvalue weighted by molar-refractivity contribution is -0.0226. The van der Waals surface area contributed by atoms with Crippen LogP contribution in [0.15, 0.2) is 0 Å². The van der Waals surface area contributed by atoms with Crippen LogP contribution >= 0.6 is 0 Å². The lowest BCUT2D eigenvalue weighted by atomic mass is 10.4. The summed E-state index contributed by atoms with van der Waals surface area (Å²) >= 11 is 0.